The van der Waals surface area contributed by atoms with Crippen LogP contribution in [-0.2, 0) is 10.2 Å². The van der Waals surface area contributed by atoms with E-state index >= 15 is 8.78 Å². The molecule has 4 atom stereocenters. The molecule has 2 aliphatic heterocycles. The first-order valence-corrected chi connectivity index (χ1v) is 14.4. The molecule has 2 heterocycles. The summed E-state index contributed by atoms with van der Waals surface area (Å²) in [6.07, 6.45) is 1.79. The van der Waals surface area contributed by atoms with Gasteiger partial charge in [-0.25, -0.2) is 8.78 Å². The molecule has 0 spiro atoms. The number of halogens is 4. The van der Waals surface area contributed by atoms with E-state index in [-0.39, 0.29) is 45.1 Å². The number of β-amino-alcohol motifs (C(OH)–C–C–N with tert-alkyl or cyclic N) is 1. The molecule has 0 radical (unpaired) electrons. The Morgan fingerprint density at radius 3 is 2.52 bits per heavy atom. The first kappa shape index (κ1) is 30.7. The maximum Gasteiger partial charge on any atom is 0.238 e. The summed E-state index contributed by atoms with van der Waals surface area (Å²) in [6.45, 7) is 8.09. The Morgan fingerprint density at radius 2 is 1.93 bits per heavy atom. The number of nitrogens with one attached hydrogen (secondary N) is 2. The molecule has 0 unspecified atom stereocenters. The number of benzene rings is 2. The highest BCUT2D eigenvalue weighted by molar-refractivity contribution is 6.31. The second-order valence-corrected chi connectivity index (χ2v) is 12.9. The molecule has 2 aromatic rings. The quantitative estimate of drug-likeness (QED) is 0.413. The van der Waals surface area contributed by atoms with Crippen LogP contribution in [0.2, 0.25) is 10.0 Å². The van der Waals surface area contributed by atoms with E-state index in [2.05, 4.69) is 21.6 Å². The van der Waals surface area contributed by atoms with E-state index in [0.29, 0.717) is 25.8 Å². The number of rotatable bonds is 7. The molecule has 6 nitrogen and oxygen atoms in total. The van der Waals surface area contributed by atoms with Crippen LogP contribution < -0.4 is 10.6 Å². The number of hydrogen-bond acceptors (Lipinski definition) is 5. The molecule has 4 rings (SSSR count). The normalized spacial score (nSPS) is 26.0. The summed E-state index contributed by atoms with van der Waals surface area (Å²) >= 11 is 12.3. The van der Waals surface area contributed by atoms with Crippen LogP contribution >= 0.6 is 23.2 Å². The van der Waals surface area contributed by atoms with Crippen molar-refractivity contribution in [2.75, 3.05) is 26.2 Å². The van der Waals surface area contributed by atoms with Crippen molar-refractivity contribution >= 4 is 29.1 Å². The maximum atomic E-state index is 15.7. The van der Waals surface area contributed by atoms with Gasteiger partial charge in [0.25, 0.3) is 0 Å². The van der Waals surface area contributed by atoms with Crippen molar-refractivity contribution in [3.63, 3.8) is 0 Å². The first-order chi connectivity index (χ1) is 18.9. The first-order valence-electron chi connectivity index (χ1n) is 13.6. The monoisotopic (exact) mass is 592 g/mol. The molecule has 0 aromatic heterocycles. The number of piperidine rings is 1. The lowest BCUT2D eigenvalue weighted by Gasteiger charge is -2.37. The summed E-state index contributed by atoms with van der Waals surface area (Å²) in [5.41, 5.74) is -1.84. The van der Waals surface area contributed by atoms with Gasteiger partial charge in [-0.3, -0.25) is 4.79 Å². The van der Waals surface area contributed by atoms with E-state index in [4.69, 9.17) is 23.2 Å². The summed E-state index contributed by atoms with van der Waals surface area (Å²) in [4.78, 5) is 16.1. The van der Waals surface area contributed by atoms with E-state index in [1.165, 1.54) is 24.3 Å². The lowest BCUT2D eigenvalue weighted by molar-refractivity contribution is -0.124. The zero-order valence-corrected chi connectivity index (χ0v) is 24.5. The summed E-state index contributed by atoms with van der Waals surface area (Å²) in [7, 11) is 0. The smallest absolute Gasteiger partial charge is 0.238 e. The van der Waals surface area contributed by atoms with Crippen molar-refractivity contribution in [2.45, 2.75) is 69.5 Å². The van der Waals surface area contributed by atoms with Gasteiger partial charge in [0.05, 0.1) is 23.7 Å². The number of carbonyl (C=O) groups excluding carboxylic acids is 1. The van der Waals surface area contributed by atoms with E-state index < -0.39 is 35.1 Å². The Kier molecular flexibility index (Phi) is 9.43. The molecule has 0 bridgehead atoms. The fourth-order valence-corrected chi connectivity index (χ4v) is 6.63. The largest absolute Gasteiger partial charge is 0.395 e. The SMILES string of the molecule is CC(C)(C)C[C@@H]1N[C@@H](C(=O)NC2CCN(CCO)CC2)[C@H](c2cccc(Cl)c2F)[C@@]1(C#N)c1ccc(Cl)cc1F. The zero-order valence-electron chi connectivity index (χ0n) is 23.0. The number of aliphatic hydroxyl groups is 1. The van der Waals surface area contributed by atoms with Crippen molar-refractivity contribution in [1.82, 2.24) is 15.5 Å². The Bertz CT molecular complexity index is 1270. The van der Waals surface area contributed by atoms with Gasteiger partial charge in [0.15, 0.2) is 0 Å². The fourth-order valence-electron chi connectivity index (χ4n) is 6.29. The van der Waals surface area contributed by atoms with Crippen LogP contribution in [0.15, 0.2) is 36.4 Å². The summed E-state index contributed by atoms with van der Waals surface area (Å²) < 4.78 is 31.5. The van der Waals surface area contributed by atoms with Gasteiger partial charge in [-0.05, 0) is 48.4 Å². The molecular formula is C30H36Cl2F2N4O2. The Morgan fingerprint density at radius 1 is 1.23 bits per heavy atom. The van der Waals surface area contributed by atoms with Crippen LogP contribution in [0.5, 0.6) is 0 Å². The summed E-state index contributed by atoms with van der Waals surface area (Å²) in [5, 5.41) is 26.6. The average Bonchev–Trinajstić information content (AvgIpc) is 3.20. The molecule has 2 fully saturated rings. The summed E-state index contributed by atoms with van der Waals surface area (Å²) in [5.74, 6) is -2.90. The molecule has 216 valence electrons. The van der Waals surface area contributed by atoms with Crippen molar-refractivity contribution in [2.24, 2.45) is 5.41 Å². The van der Waals surface area contributed by atoms with Crippen molar-refractivity contribution in [3.8, 4) is 6.07 Å². The minimum Gasteiger partial charge on any atom is -0.395 e. The van der Waals surface area contributed by atoms with E-state index in [1.807, 2.05) is 20.8 Å². The van der Waals surface area contributed by atoms with E-state index in [1.54, 1.807) is 6.07 Å². The number of nitriles is 1. The maximum absolute atomic E-state index is 15.7. The lowest BCUT2D eigenvalue weighted by Crippen LogP contribution is -2.51. The van der Waals surface area contributed by atoms with Gasteiger partial charge in [0, 0.05) is 48.2 Å². The second kappa shape index (κ2) is 12.3. The summed E-state index contributed by atoms with van der Waals surface area (Å²) in [6, 6.07) is 9.11. The third-order valence-electron chi connectivity index (χ3n) is 8.08. The van der Waals surface area contributed by atoms with Gasteiger partial charge < -0.3 is 20.6 Å². The molecular weight excluding hydrogens is 557 g/mol. The minimum absolute atomic E-state index is 0.0538. The topological polar surface area (TPSA) is 88.4 Å². The Labute approximate surface area is 244 Å². The number of hydrogen-bond donors (Lipinski definition) is 3. The van der Waals surface area contributed by atoms with Crippen LogP contribution in [0.4, 0.5) is 8.78 Å². The zero-order chi connectivity index (χ0) is 29.2. The fraction of sp³-hybridized carbons (Fsp3) is 0.533. The third-order valence-corrected chi connectivity index (χ3v) is 8.61. The predicted octanol–water partition coefficient (Wildman–Crippen LogP) is 5.17. The molecule has 40 heavy (non-hydrogen) atoms. The highest BCUT2D eigenvalue weighted by atomic mass is 35.5. The number of likely N-dealkylation sites (tertiary alicyclic amines) is 1. The number of aliphatic hydroxyl groups excluding tert-OH is 1. The van der Waals surface area contributed by atoms with Gasteiger partial charge in [-0.15, -0.1) is 0 Å². The highest BCUT2D eigenvalue weighted by Gasteiger charge is 2.61. The number of carbonyl (C=O) groups is 1. The lowest BCUT2D eigenvalue weighted by atomic mass is 9.62. The van der Waals surface area contributed by atoms with Gasteiger partial charge in [0.1, 0.15) is 17.0 Å². The van der Waals surface area contributed by atoms with Crippen LogP contribution in [-0.4, -0.2) is 60.3 Å². The van der Waals surface area contributed by atoms with Crippen LogP contribution in [0.25, 0.3) is 0 Å². The molecule has 0 saturated carbocycles. The van der Waals surface area contributed by atoms with Crippen molar-refractivity contribution in [1.29, 1.82) is 5.26 Å². The average molecular weight is 594 g/mol. The molecule has 2 saturated heterocycles. The molecule has 0 aliphatic carbocycles. The number of amides is 1. The molecule has 2 aliphatic rings. The van der Waals surface area contributed by atoms with Crippen molar-refractivity contribution < 1.29 is 18.7 Å². The second-order valence-electron chi connectivity index (χ2n) is 12.0. The molecule has 3 N–H and O–H groups in total. The van der Waals surface area contributed by atoms with Crippen LogP contribution in [0.1, 0.15) is 57.1 Å². The van der Waals surface area contributed by atoms with Gasteiger partial charge >= 0.3 is 0 Å². The number of nitrogens with zero attached hydrogens (tertiary/aromatic N) is 2. The van der Waals surface area contributed by atoms with E-state index in [9.17, 15) is 15.2 Å². The van der Waals surface area contributed by atoms with Gasteiger partial charge in [-0.2, -0.15) is 5.26 Å². The minimum atomic E-state index is -1.65. The van der Waals surface area contributed by atoms with Crippen molar-refractivity contribution in [3.05, 3.63) is 69.2 Å². The Balaban J connectivity index is 1.83. The molecule has 1 amide bonds. The molecule has 10 heteroatoms. The standard InChI is InChI=1S/C30H36Cl2F2N4O2/c1-29(2,3)16-24-30(17-35,21-8-7-18(31)15-23(21)33)25(20-5-4-6-22(32)26(20)34)27(37-24)28(40)36-19-9-11-38(12-10-19)13-14-39/h4-8,15,19,24-25,27,37,39H,9-14,16H2,1-3H3,(H,36,40)/t24-,25-,27+,30-/m0/s1. The van der Waals surface area contributed by atoms with Crippen LogP contribution in [0, 0.1) is 28.4 Å². The van der Waals surface area contributed by atoms with E-state index in [0.717, 1.165) is 19.2 Å². The molecule has 2 aromatic carbocycles. The predicted molar refractivity (Wildman–Crippen MR) is 152 cm³/mol. The Hall–Kier alpha value is -2.28. The third kappa shape index (κ3) is 6.14. The van der Waals surface area contributed by atoms with Crippen LogP contribution in [0.3, 0.4) is 0 Å². The highest BCUT2D eigenvalue weighted by Crippen LogP contribution is 2.52. The van der Waals surface area contributed by atoms with Gasteiger partial charge in [-0.1, -0.05) is 62.2 Å². The van der Waals surface area contributed by atoms with Gasteiger partial charge in [0.2, 0.25) is 5.91 Å².